The third-order valence-electron chi connectivity index (χ3n) is 3.06. The molecule has 20 heavy (non-hydrogen) atoms. The van der Waals surface area contributed by atoms with E-state index in [4.69, 9.17) is 5.73 Å². The number of nitrogen functional groups attached to an aromatic ring is 1. The second-order valence-corrected chi connectivity index (χ2v) is 6.84. The van der Waals surface area contributed by atoms with Gasteiger partial charge in [-0.15, -0.1) is 11.3 Å². The van der Waals surface area contributed by atoms with E-state index < -0.39 is 0 Å². The Hall–Kier alpha value is -1.33. The maximum atomic E-state index is 12.4. The van der Waals surface area contributed by atoms with Crippen LogP contribution >= 0.6 is 27.3 Å². The highest BCUT2D eigenvalue weighted by atomic mass is 79.9. The summed E-state index contributed by atoms with van der Waals surface area (Å²) < 4.78 is 0.842. The van der Waals surface area contributed by atoms with Crippen molar-refractivity contribution in [1.29, 1.82) is 0 Å². The van der Waals surface area contributed by atoms with E-state index in [1.54, 1.807) is 23.5 Å². The van der Waals surface area contributed by atoms with Gasteiger partial charge in [-0.2, -0.15) is 0 Å². The monoisotopic (exact) mass is 352 g/mol. The lowest BCUT2D eigenvalue weighted by atomic mass is 10.0. The molecule has 0 bridgehead atoms. The molecule has 0 fully saturated rings. The van der Waals surface area contributed by atoms with E-state index in [9.17, 15) is 4.79 Å². The summed E-state index contributed by atoms with van der Waals surface area (Å²) >= 11 is 5.01. The first-order valence-electron chi connectivity index (χ1n) is 6.38. The Morgan fingerprint density at radius 2 is 2.10 bits per heavy atom. The van der Waals surface area contributed by atoms with Crippen LogP contribution in [0, 0.1) is 5.92 Å². The fourth-order valence-electron chi connectivity index (χ4n) is 1.98. The molecular formula is C15H17BrN2OS. The highest BCUT2D eigenvalue weighted by Crippen LogP contribution is 2.27. The summed E-state index contributed by atoms with van der Waals surface area (Å²) in [5, 5.41) is 5.09. The fraction of sp³-hybridized carbons (Fsp3) is 0.267. The number of hydrogen-bond donors (Lipinski definition) is 2. The Bertz CT molecular complexity index is 596. The Labute approximate surface area is 131 Å². The maximum Gasteiger partial charge on any atom is 0.253 e. The molecule has 2 rings (SSSR count). The Balaban J connectivity index is 2.23. The lowest BCUT2D eigenvalue weighted by molar-refractivity contribution is 0.0927. The van der Waals surface area contributed by atoms with Gasteiger partial charge in [0.25, 0.3) is 5.91 Å². The summed E-state index contributed by atoms with van der Waals surface area (Å²) in [6.45, 7) is 4.18. The lowest BCUT2D eigenvalue weighted by Gasteiger charge is -2.21. The lowest BCUT2D eigenvalue weighted by Crippen LogP contribution is -2.31. The van der Waals surface area contributed by atoms with Gasteiger partial charge in [-0.1, -0.05) is 35.8 Å². The van der Waals surface area contributed by atoms with E-state index in [-0.39, 0.29) is 11.9 Å². The predicted octanol–water partition coefficient (Wildman–Crippen LogP) is 4.22. The van der Waals surface area contributed by atoms with Crippen LogP contribution in [0.4, 0.5) is 5.69 Å². The number of halogens is 1. The quantitative estimate of drug-likeness (QED) is 0.809. The zero-order valence-corrected chi connectivity index (χ0v) is 13.8. The molecule has 0 saturated carbocycles. The number of carbonyl (C=O) groups is 1. The summed E-state index contributed by atoms with van der Waals surface area (Å²) in [7, 11) is 0. The molecule has 1 heterocycles. The average molecular weight is 353 g/mol. The van der Waals surface area contributed by atoms with Gasteiger partial charge in [-0.3, -0.25) is 4.79 Å². The molecular weight excluding hydrogens is 336 g/mol. The molecule has 0 aliphatic carbocycles. The first-order valence-corrected chi connectivity index (χ1v) is 8.05. The molecule has 3 N–H and O–H groups in total. The van der Waals surface area contributed by atoms with Crippen molar-refractivity contribution in [2.75, 3.05) is 5.73 Å². The van der Waals surface area contributed by atoms with Gasteiger partial charge in [0.05, 0.1) is 11.6 Å². The van der Waals surface area contributed by atoms with Gasteiger partial charge in [-0.05, 0) is 35.6 Å². The molecule has 5 heteroatoms. The van der Waals surface area contributed by atoms with Crippen molar-refractivity contribution in [3.05, 3.63) is 50.6 Å². The van der Waals surface area contributed by atoms with E-state index >= 15 is 0 Å². The topological polar surface area (TPSA) is 55.1 Å². The molecule has 0 radical (unpaired) electrons. The number of anilines is 1. The van der Waals surface area contributed by atoms with Gasteiger partial charge in [0.15, 0.2) is 0 Å². The highest BCUT2D eigenvalue weighted by molar-refractivity contribution is 9.10. The minimum absolute atomic E-state index is 0.000816. The predicted molar refractivity (Wildman–Crippen MR) is 87.9 cm³/mol. The third kappa shape index (κ3) is 3.41. The number of nitrogens with two attached hydrogens (primary N) is 1. The van der Waals surface area contributed by atoms with Crippen LogP contribution in [-0.4, -0.2) is 5.91 Å². The normalized spacial score (nSPS) is 12.4. The van der Waals surface area contributed by atoms with E-state index in [0.29, 0.717) is 17.2 Å². The molecule has 1 aromatic carbocycles. The molecule has 0 spiro atoms. The highest BCUT2D eigenvalue weighted by Gasteiger charge is 2.21. The van der Waals surface area contributed by atoms with Gasteiger partial charge in [0, 0.05) is 15.0 Å². The number of nitrogens with one attached hydrogen (secondary N) is 1. The third-order valence-corrected chi connectivity index (χ3v) is 4.51. The van der Waals surface area contributed by atoms with Crippen molar-refractivity contribution in [3.8, 4) is 0 Å². The second kappa shape index (κ2) is 6.41. The van der Waals surface area contributed by atoms with Crippen LogP contribution in [-0.2, 0) is 0 Å². The van der Waals surface area contributed by atoms with E-state index in [1.807, 2.05) is 23.6 Å². The second-order valence-electron chi connectivity index (χ2n) is 4.94. The van der Waals surface area contributed by atoms with Crippen molar-refractivity contribution in [2.45, 2.75) is 19.9 Å². The van der Waals surface area contributed by atoms with Gasteiger partial charge in [0.2, 0.25) is 0 Å². The van der Waals surface area contributed by atoms with Crippen LogP contribution in [0.5, 0.6) is 0 Å². The van der Waals surface area contributed by atoms with Gasteiger partial charge >= 0.3 is 0 Å². The zero-order chi connectivity index (χ0) is 14.7. The minimum atomic E-state index is -0.143. The van der Waals surface area contributed by atoms with Crippen LogP contribution < -0.4 is 11.1 Å². The number of hydrogen-bond acceptors (Lipinski definition) is 3. The summed E-state index contributed by atoms with van der Waals surface area (Å²) in [5.41, 5.74) is 6.87. The van der Waals surface area contributed by atoms with Crippen LogP contribution in [0.25, 0.3) is 0 Å². The maximum absolute atomic E-state index is 12.4. The van der Waals surface area contributed by atoms with E-state index in [1.165, 1.54) is 0 Å². The molecule has 1 amide bonds. The number of benzene rings is 1. The first-order chi connectivity index (χ1) is 9.49. The van der Waals surface area contributed by atoms with Crippen LogP contribution in [0.15, 0.2) is 40.2 Å². The fourth-order valence-corrected chi connectivity index (χ4v) is 3.29. The summed E-state index contributed by atoms with van der Waals surface area (Å²) in [6.07, 6.45) is 0. The van der Waals surface area contributed by atoms with Gasteiger partial charge in [-0.25, -0.2) is 0 Å². The van der Waals surface area contributed by atoms with E-state index in [0.717, 1.165) is 9.35 Å². The molecule has 0 aliphatic heterocycles. The molecule has 3 nitrogen and oxygen atoms in total. The molecule has 1 aromatic heterocycles. The Morgan fingerprint density at radius 1 is 1.35 bits per heavy atom. The Morgan fingerprint density at radius 3 is 2.70 bits per heavy atom. The SMILES string of the molecule is CC(C)C(NC(=O)c1cc(Br)ccc1N)c1cccs1. The summed E-state index contributed by atoms with van der Waals surface area (Å²) in [4.78, 5) is 13.6. The molecule has 1 unspecified atom stereocenters. The first kappa shape index (κ1) is 15.1. The standard InChI is InChI=1S/C15H17BrN2OS/c1-9(2)14(13-4-3-7-20-13)18-15(19)11-8-10(16)5-6-12(11)17/h3-9,14H,17H2,1-2H3,(H,18,19). The molecule has 2 aromatic rings. The van der Waals surface area contributed by atoms with Crippen LogP contribution in [0.2, 0.25) is 0 Å². The van der Waals surface area contributed by atoms with Crippen LogP contribution in [0.3, 0.4) is 0 Å². The Kier molecular flexibility index (Phi) is 4.83. The van der Waals surface area contributed by atoms with Crippen molar-refractivity contribution in [1.82, 2.24) is 5.32 Å². The van der Waals surface area contributed by atoms with Crippen molar-refractivity contribution in [3.63, 3.8) is 0 Å². The molecule has 1 atom stereocenters. The number of rotatable bonds is 4. The van der Waals surface area contributed by atoms with Crippen molar-refractivity contribution < 1.29 is 4.79 Å². The van der Waals surface area contributed by atoms with Crippen molar-refractivity contribution in [2.24, 2.45) is 5.92 Å². The summed E-state index contributed by atoms with van der Waals surface area (Å²) in [5.74, 6) is 0.168. The molecule has 0 saturated heterocycles. The molecule has 0 aliphatic rings. The number of thiophene rings is 1. The minimum Gasteiger partial charge on any atom is -0.398 e. The van der Waals surface area contributed by atoms with Gasteiger partial charge < -0.3 is 11.1 Å². The largest absolute Gasteiger partial charge is 0.398 e. The smallest absolute Gasteiger partial charge is 0.253 e. The van der Waals surface area contributed by atoms with Crippen molar-refractivity contribution >= 4 is 38.9 Å². The zero-order valence-electron chi connectivity index (χ0n) is 11.4. The van der Waals surface area contributed by atoms with E-state index in [2.05, 4.69) is 35.1 Å². The summed E-state index contributed by atoms with van der Waals surface area (Å²) in [6, 6.07) is 9.34. The number of carbonyl (C=O) groups excluding carboxylic acids is 1. The number of amides is 1. The average Bonchev–Trinajstić information content (AvgIpc) is 2.91. The molecule has 106 valence electrons. The van der Waals surface area contributed by atoms with Crippen LogP contribution in [0.1, 0.15) is 35.1 Å². The van der Waals surface area contributed by atoms with Gasteiger partial charge in [0.1, 0.15) is 0 Å².